The minimum Gasteiger partial charge on any atom is -0.480 e. The second-order valence-corrected chi connectivity index (χ2v) is 5.67. The molecule has 0 spiro atoms. The number of hydrogen-bond donors (Lipinski definition) is 3. The summed E-state index contributed by atoms with van der Waals surface area (Å²) < 4.78 is 0. The number of urea groups is 1. The van der Waals surface area contributed by atoms with E-state index in [2.05, 4.69) is 10.6 Å². The lowest BCUT2D eigenvalue weighted by Gasteiger charge is -2.21. The highest BCUT2D eigenvalue weighted by Gasteiger charge is 2.23. The average molecular weight is 340 g/mol. The summed E-state index contributed by atoms with van der Waals surface area (Å²) in [5, 5.41) is 14.3. The number of aliphatic carboxylic acids is 1. The van der Waals surface area contributed by atoms with Crippen LogP contribution in [0.2, 0.25) is 0 Å². The summed E-state index contributed by atoms with van der Waals surface area (Å²) >= 11 is 0. The maximum atomic E-state index is 12.3. The quantitative estimate of drug-likeness (QED) is 0.722. The molecule has 0 heterocycles. The summed E-state index contributed by atoms with van der Waals surface area (Å²) in [4.78, 5) is 34.7. The predicted octanol–water partition coefficient (Wildman–Crippen LogP) is 2.51. The maximum absolute atomic E-state index is 12.3. The molecule has 1 atom stereocenters. The van der Waals surface area contributed by atoms with E-state index in [0.29, 0.717) is 0 Å². The van der Waals surface area contributed by atoms with E-state index in [1.807, 2.05) is 60.7 Å². The topological polar surface area (TPSA) is 95.5 Å². The number of ketones is 1. The lowest BCUT2D eigenvalue weighted by molar-refractivity contribution is -0.140. The van der Waals surface area contributed by atoms with Crippen LogP contribution in [0, 0.1) is 0 Å². The van der Waals surface area contributed by atoms with Crippen molar-refractivity contribution in [2.45, 2.75) is 25.4 Å². The summed E-state index contributed by atoms with van der Waals surface area (Å²) in [6, 6.07) is 16.4. The van der Waals surface area contributed by atoms with E-state index in [4.69, 9.17) is 5.11 Å². The predicted molar refractivity (Wildman–Crippen MR) is 93.1 cm³/mol. The van der Waals surface area contributed by atoms with Crippen molar-refractivity contribution in [3.63, 3.8) is 0 Å². The normalized spacial score (nSPS) is 11.6. The third-order valence-electron chi connectivity index (χ3n) is 3.64. The molecule has 6 nitrogen and oxygen atoms in total. The van der Waals surface area contributed by atoms with Gasteiger partial charge >= 0.3 is 12.0 Å². The number of Topliss-reactive ketones (excluding diaryl/α,β-unsaturated/α-hetero) is 1. The van der Waals surface area contributed by atoms with Gasteiger partial charge in [-0.1, -0.05) is 60.7 Å². The summed E-state index contributed by atoms with van der Waals surface area (Å²) in [6.45, 7) is 1.28. The number of amides is 2. The lowest BCUT2D eigenvalue weighted by atomic mass is 9.99. The molecule has 0 radical (unpaired) electrons. The Kier molecular flexibility index (Phi) is 6.28. The highest BCUT2D eigenvalue weighted by atomic mass is 16.4. The molecule has 1 unspecified atom stereocenters. The molecule has 0 fully saturated rings. The van der Waals surface area contributed by atoms with Gasteiger partial charge in [0.2, 0.25) is 0 Å². The van der Waals surface area contributed by atoms with E-state index < -0.39 is 24.1 Å². The van der Waals surface area contributed by atoms with Gasteiger partial charge in [-0.05, 0) is 18.1 Å². The van der Waals surface area contributed by atoms with Crippen molar-refractivity contribution in [3.8, 4) is 0 Å². The lowest BCUT2D eigenvalue weighted by Crippen LogP contribution is -2.47. The van der Waals surface area contributed by atoms with Crippen molar-refractivity contribution in [2.24, 2.45) is 0 Å². The van der Waals surface area contributed by atoms with Crippen molar-refractivity contribution in [3.05, 3.63) is 71.8 Å². The molecule has 0 aliphatic carbocycles. The van der Waals surface area contributed by atoms with Crippen LogP contribution >= 0.6 is 0 Å². The molecule has 2 aromatic rings. The molecule has 0 aromatic heterocycles. The summed E-state index contributed by atoms with van der Waals surface area (Å²) in [7, 11) is 0. The van der Waals surface area contributed by atoms with Gasteiger partial charge in [0.25, 0.3) is 0 Å². The number of carboxylic acids is 1. The van der Waals surface area contributed by atoms with Gasteiger partial charge in [-0.25, -0.2) is 9.59 Å². The average Bonchev–Trinajstić information content (AvgIpc) is 2.60. The van der Waals surface area contributed by atoms with Crippen molar-refractivity contribution in [1.29, 1.82) is 0 Å². The molecule has 0 saturated carbocycles. The summed E-state index contributed by atoms with van der Waals surface area (Å²) in [5.74, 6) is -1.56. The molecule has 2 amide bonds. The first-order chi connectivity index (χ1) is 12.0. The highest BCUT2D eigenvalue weighted by molar-refractivity contribution is 5.88. The van der Waals surface area contributed by atoms with Crippen LogP contribution in [0.1, 0.15) is 30.5 Å². The first-order valence-electron chi connectivity index (χ1n) is 7.86. The molecule has 0 bridgehead atoms. The Bertz CT molecular complexity index is 692. The van der Waals surface area contributed by atoms with Crippen LogP contribution in [0.15, 0.2) is 60.7 Å². The Labute approximate surface area is 145 Å². The van der Waals surface area contributed by atoms with Crippen LogP contribution in [-0.4, -0.2) is 28.9 Å². The third-order valence-corrected chi connectivity index (χ3v) is 3.64. The van der Waals surface area contributed by atoms with Crippen LogP contribution in [0.3, 0.4) is 0 Å². The number of carbonyl (C=O) groups excluding carboxylic acids is 2. The molecule has 2 aromatic carbocycles. The largest absolute Gasteiger partial charge is 0.480 e. The van der Waals surface area contributed by atoms with Gasteiger partial charge in [0.05, 0.1) is 6.04 Å². The molecule has 0 aliphatic heterocycles. The molecular formula is C19H20N2O4. The Balaban J connectivity index is 2.18. The van der Waals surface area contributed by atoms with Crippen LogP contribution in [0.5, 0.6) is 0 Å². The minimum atomic E-state index is -1.26. The fraction of sp³-hybridized carbons (Fsp3) is 0.211. The van der Waals surface area contributed by atoms with Crippen LogP contribution in [0.25, 0.3) is 0 Å². The van der Waals surface area contributed by atoms with Crippen molar-refractivity contribution >= 4 is 17.8 Å². The van der Waals surface area contributed by atoms with Crippen molar-refractivity contribution in [1.82, 2.24) is 10.6 Å². The number of benzene rings is 2. The van der Waals surface area contributed by atoms with Crippen LogP contribution in [0.4, 0.5) is 4.79 Å². The second-order valence-electron chi connectivity index (χ2n) is 5.67. The standard InChI is InChI=1S/C19H20N2O4/c1-13(22)12-16(18(23)24)20-19(25)21-17(14-8-4-2-5-9-14)15-10-6-3-7-11-15/h2-11,16-17H,12H2,1H3,(H,23,24)(H2,20,21,25). The number of carbonyl (C=O) groups is 3. The number of carboxylic acid groups (broad SMARTS) is 1. The van der Waals surface area contributed by atoms with Gasteiger partial charge in [-0.2, -0.15) is 0 Å². The Hall–Kier alpha value is -3.15. The highest BCUT2D eigenvalue weighted by Crippen LogP contribution is 2.21. The molecule has 6 heteroatoms. The smallest absolute Gasteiger partial charge is 0.326 e. The monoisotopic (exact) mass is 340 g/mol. The fourth-order valence-electron chi connectivity index (χ4n) is 2.47. The van der Waals surface area contributed by atoms with Crippen LogP contribution < -0.4 is 10.6 Å². The molecule has 25 heavy (non-hydrogen) atoms. The fourth-order valence-corrected chi connectivity index (χ4v) is 2.47. The van der Waals surface area contributed by atoms with Gasteiger partial charge in [-0.15, -0.1) is 0 Å². The van der Waals surface area contributed by atoms with Crippen molar-refractivity contribution in [2.75, 3.05) is 0 Å². The van der Waals surface area contributed by atoms with Gasteiger partial charge in [-0.3, -0.25) is 4.79 Å². The van der Waals surface area contributed by atoms with Gasteiger partial charge in [0.1, 0.15) is 11.8 Å². The van der Waals surface area contributed by atoms with E-state index in [1.165, 1.54) is 6.92 Å². The van der Waals surface area contributed by atoms with E-state index >= 15 is 0 Å². The summed E-state index contributed by atoms with van der Waals surface area (Å²) in [6.07, 6.45) is -0.260. The van der Waals surface area contributed by atoms with Gasteiger partial charge < -0.3 is 15.7 Å². The maximum Gasteiger partial charge on any atom is 0.326 e. The van der Waals surface area contributed by atoms with E-state index in [-0.39, 0.29) is 12.2 Å². The number of hydrogen-bond acceptors (Lipinski definition) is 3. The SMILES string of the molecule is CC(=O)CC(NC(=O)NC(c1ccccc1)c1ccccc1)C(=O)O. The zero-order valence-corrected chi connectivity index (χ0v) is 13.8. The van der Waals surface area contributed by atoms with Crippen molar-refractivity contribution < 1.29 is 19.5 Å². The number of rotatable bonds is 7. The van der Waals surface area contributed by atoms with Crippen LogP contribution in [-0.2, 0) is 9.59 Å². The Morgan fingerprint density at radius 2 is 1.36 bits per heavy atom. The zero-order valence-electron chi connectivity index (χ0n) is 13.8. The molecule has 130 valence electrons. The Morgan fingerprint density at radius 3 is 1.76 bits per heavy atom. The molecule has 0 aliphatic rings. The van der Waals surface area contributed by atoms with Gasteiger partial charge in [0.15, 0.2) is 0 Å². The third kappa shape index (κ3) is 5.46. The second kappa shape index (κ2) is 8.63. The summed E-state index contributed by atoms with van der Waals surface area (Å²) in [5.41, 5.74) is 1.73. The first-order valence-corrected chi connectivity index (χ1v) is 7.86. The van der Waals surface area contributed by atoms with E-state index in [0.717, 1.165) is 11.1 Å². The van der Waals surface area contributed by atoms with E-state index in [9.17, 15) is 14.4 Å². The zero-order chi connectivity index (χ0) is 18.2. The molecule has 0 saturated heterocycles. The van der Waals surface area contributed by atoms with Gasteiger partial charge in [0, 0.05) is 6.42 Å². The molecular weight excluding hydrogens is 320 g/mol. The number of nitrogens with one attached hydrogen (secondary N) is 2. The van der Waals surface area contributed by atoms with E-state index in [1.54, 1.807) is 0 Å². The minimum absolute atomic E-state index is 0.260. The Morgan fingerprint density at radius 1 is 0.880 bits per heavy atom. The first kappa shape index (κ1) is 18.2. The molecule has 3 N–H and O–H groups in total. The molecule has 2 rings (SSSR count).